The van der Waals surface area contributed by atoms with Crippen molar-refractivity contribution in [2.75, 3.05) is 38.8 Å². The Kier molecular flexibility index (Phi) is 10.4. The van der Waals surface area contributed by atoms with Gasteiger partial charge in [0.2, 0.25) is 0 Å². The summed E-state index contributed by atoms with van der Waals surface area (Å²) in [5.41, 5.74) is 11.9. The number of nitrogens with zero attached hydrogens (tertiary/aromatic N) is 4. The van der Waals surface area contributed by atoms with Crippen molar-refractivity contribution in [1.29, 1.82) is 0 Å². The van der Waals surface area contributed by atoms with E-state index >= 15 is 0 Å². The summed E-state index contributed by atoms with van der Waals surface area (Å²) >= 11 is 6.28. The molecule has 1 fully saturated rings. The number of rotatable bonds is 12. The maximum atomic E-state index is 13.9. The Morgan fingerprint density at radius 2 is 1.98 bits per heavy atom. The quantitative estimate of drug-likeness (QED) is 0.106. The number of pyridine rings is 1. The number of anilines is 1. The van der Waals surface area contributed by atoms with Gasteiger partial charge in [-0.2, -0.15) is 5.10 Å². The van der Waals surface area contributed by atoms with Crippen LogP contribution in [-0.4, -0.2) is 65.9 Å². The van der Waals surface area contributed by atoms with Gasteiger partial charge in [-0.3, -0.25) is 9.78 Å². The van der Waals surface area contributed by atoms with E-state index in [1.165, 1.54) is 24.6 Å². The molecular formula is C32H37ClFN7O3. The molecule has 1 aliphatic carbocycles. The molecule has 0 atom stereocenters. The molecule has 0 aliphatic heterocycles. The number of methoxy groups -OCH3 is 1. The molecule has 10 nitrogen and oxygen atoms in total. The number of carbonyl (C=O) groups is 1. The molecule has 0 radical (unpaired) electrons. The standard InChI is InChI=1S/C32H37ClFN7O3/c1-20-14-28(32(42)36-10-11-44-13-12-43-2)37-17-24(20)21-15-29-30(39-23-6-4-3-5-7-23)25(18-38-41(29)19-21)31(35)40-27-16-22(34)8-9-26(27)33/h8-9,14-19,23,39H,3-7,10-13H2,1-2H3,(H2,35,40)(H,36,42). The predicted molar refractivity (Wildman–Crippen MR) is 170 cm³/mol. The van der Waals surface area contributed by atoms with Crippen LogP contribution in [0.4, 0.5) is 15.8 Å². The summed E-state index contributed by atoms with van der Waals surface area (Å²) in [6.07, 6.45) is 10.9. The van der Waals surface area contributed by atoms with E-state index in [4.69, 9.17) is 26.8 Å². The third-order valence-corrected chi connectivity index (χ3v) is 7.95. The van der Waals surface area contributed by atoms with E-state index in [1.807, 2.05) is 19.2 Å². The average Bonchev–Trinajstić information content (AvgIpc) is 3.46. The number of aromatic nitrogens is 3. The fourth-order valence-electron chi connectivity index (χ4n) is 5.32. The summed E-state index contributed by atoms with van der Waals surface area (Å²) in [4.78, 5) is 21.6. The van der Waals surface area contributed by atoms with Gasteiger partial charge in [0.05, 0.1) is 53.5 Å². The van der Waals surface area contributed by atoms with Crippen molar-refractivity contribution in [3.05, 3.63) is 76.6 Å². The van der Waals surface area contributed by atoms with Gasteiger partial charge >= 0.3 is 0 Å². The molecule has 232 valence electrons. The van der Waals surface area contributed by atoms with Crippen LogP contribution in [-0.2, 0) is 9.47 Å². The first kappa shape index (κ1) is 31.4. The highest BCUT2D eigenvalue weighted by Gasteiger charge is 2.21. The Balaban J connectivity index is 1.44. The highest BCUT2D eigenvalue weighted by Crippen LogP contribution is 2.33. The largest absolute Gasteiger partial charge is 0.383 e. The van der Waals surface area contributed by atoms with E-state index in [9.17, 15) is 9.18 Å². The SMILES string of the molecule is COCCOCCNC(=O)c1cc(C)c(-c2cc3c(NC4CCCCC4)c(C(N)=Nc4cc(F)ccc4Cl)cnn3c2)cn1. The Bertz CT molecular complexity index is 1650. The topological polar surface area (TPSA) is 128 Å². The minimum absolute atomic E-state index is 0.172. The number of halogens is 2. The molecule has 0 bridgehead atoms. The van der Waals surface area contributed by atoms with Crippen LogP contribution in [0, 0.1) is 12.7 Å². The van der Waals surface area contributed by atoms with Crippen LogP contribution in [0.3, 0.4) is 0 Å². The second kappa shape index (κ2) is 14.6. The molecule has 1 aromatic carbocycles. The van der Waals surface area contributed by atoms with E-state index in [0.717, 1.165) is 53.6 Å². The van der Waals surface area contributed by atoms with Crippen molar-refractivity contribution in [2.24, 2.45) is 10.7 Å². The number of nitrogens with two attached hydrogens (primary N) is 1. The van der Waals surface area contributed by atoms with Crippen molar-refractivity contribution >= 4 is 40.2 Å². The Morgan fingerprint density at radius 3 is 2.75 bits per heavy atom. The predicted octanol–water partition coefficient (Wildman–Crippen LogP) is 5.67. The van der Waals surface area contributed by atoms with Gasteiger partial charge in [0.1, 0.15) is 17.3 Å². The molecule has 0 saturated heterocycles. The van der Waals surface area contributed by atoms with Gasteiger partial charge in [0, 0.05) is 49.3 Å². The van der Waals surface area contributed by atoms with Crippen molar-refractivity contribution in [1.82, 2.24) is 19.9 Å². The first-order valence-electron chi connectivity index (χ1n) is 14.7. The summed E-state index contributed by atoms with van der Waals surface area (Å²) in [5.74, 6) is -0.549. The number of nitrogens with one attached hydrogen (secondary N) is 2. The van der Waals surface area contributed by atoms with E-state index in [2.05, 4.69) is 25.7 Å². The number of amidine groups is 1. The highest BCUT2D eigenvalue weighted by molar-refractivity contribution is 6.33. The van der Waals surface area contributed by atoms with Crippen LogP contribution in [0.15, 0.2) is 53.9 Å². The summed E-state index contributed by atoms with van der Waals surface area (Å²) in [6.45, 7) is 3.68. The molecule has 44 heavy (non-hydrogen) atoms. The molecular weight excluding hydrogens is 585 g/mol. The number of fused-ring (bicyclic) bond motifs is 1. The van der Waals surface area contributed by atoms with E-state index < -0.39 is 5.82 Å². The maximum absolute atomic E-state index is 13.9. The molecule has 3 heterocycles. The van der Waals surface area contributed by atoms with Crippen LogP contribution in [0.1, 0.15) is 53.7 Å². The summed E-state index contributed by atoms with van der Waals surface area (Å²) in [7, 11) is 1.61. The third-order valence-electron chi connectivity index (χ3n) is 7.63. The smallest absolute Gasteiger partial charge is 0.269 e. The van der Waals surface area contributed by atoms with Gasteiger partial charge in [-0.25, -0.2) is 13.9 Å². The first-order chi connectivity index (χ1) is 21.3. The number of ether oxygens (including phenoxy) is 2. The van der Waals surface area contributed by atoms with E-state index in [1.54, 1.807) is 30.1 Å². The molecule has 3 aromatic heterocycles. The molecule has 4 aromatic rings. The summed E-state index contributed by atoms with van der Waals surface area (Å²) in [5, 5.41) is 11.5. The molecule has 1 amide bonds. The molecule has 12 heteroatoms. The molecule has 0 unspecified atom stereocenters. The van der Waals surface area contributed by atoms with E-state index in [0.29, 0.717) is 42.6 Å². The number of hydrogen-bond donors (Lipinski definition) is 3. The van der Waals surface area contributed by atoms with E-state index in [-0.39, 0.29) is 23.5 Å². The van der Waals surface area contributed by atoms with Gasteiger partial charge in [0.25, 0.3) is 5.91 Å². The van der Waals surface area contributed by atoms with Gasteiger partial charge < -0.3 is 25.8 Å². The number of benzene rings is 1. The molecule has 1 aliphatic rings. The summed E-state index contributed by atoms with van der Waals surface area (Å²) in [6, 6.07) is 8.04. The number of amides is 1. The molecule has 1 saturated carbocycles. The fourth-order valence-corrected chi connectivity index (χ4v) is 5.48. The lowest BCUT2D eigenvalue weighted by Gasteiger charge is -2.25. The fraction of sp³-hybridized carbons (Fsp3) is 0.375. The minimum Gasteiger partial charge on any atom is -0.383 e. The lowest BCUT2D eigenvalue weighted by Crippen LogP contribution is -2.28. The van der Waals surface area contributed by atoms with Crippen molar-refractivity contribution in [3.8, 4) is 11.1 Å². The van der Waals surface area contributed by atoms with Gasteiger partial charge in [0.15, 0.2) is 0 Å². The first-order valence-corrected chi connectivity index (χ1v) is 15.1. The molecule has 5 rings (SSSR count). The van der Waals surface area contributed by atoms with Crippen LogP contribution in [0.5, 0.6) is 0 Å². The molecule has 4 N–H and O–H groups in total. The highest BCUT2D eigenvalue weighted by atomic mass is 35.5. The Labute approximate surface area is 260 Å². The molecule has 0 spiro atoms. The second-order valence-electron chi connectivity index (χ2n) is 10.8. The number of aliphatic imine (C=N–C) groups is 1. The Morgan fingerprint density at radius 1 is 1.16 bits per heavy atom. The lowest BCUT2D eigenvalue weighted by atomic mass is 9.95. The number of hydrogen-bond acceptors (Lipinski definition) is 7. The van der Waals surface area contributed by atoms with Crippen LogP contribution >= 0.6 is 11.6 Å². The van der Waals surface area contributed by atoms with Crippen molar-refractivity contribution < 1.29 is 18.7 Å². The zero-order chi connectivity index (χ0) is 31.1. The van der Waals surface area contributed by atoms with Gasteiger partial charge in [-0.15, -0.1) is 0 Å². The summed E-state index contributed by atoms with van der Waals surface area (Å²) < 4.78 is 26.1. The Hall–Kier alpha value is -4.06. The van der Waals surface area contributed by atoms with Gasteiger partial charge in [-0.1, -0.05) is 30.9 Å². The third kappa shape index (κ3) is 7.53. The monoisotopic (exact) mass is 621 g/mol. The van der Waals surface area contributed by atoms with Crippen molar-refractivity contribution in [3.63, 3.8) is 0 Å². The van der Waals surface area contributed by atoms with Crippen LogP contribution in [0.25, 0.3) is 16.6 Å². The van der Waals surface area contributed by atoms with Crippen LogP contribution in [0.2, 0.25) is 5.02 Å². The lowest BCUT2D eigenvalue weighted by molar-refractivity contribution is 0.0692. The van der Waals surface area contributed by atoms with Crippen molar-refractivity contribution in [2.45, 2.75) is 45.1 Å². The van der Waals surface area contributed by atoms with Crippen LogP contribution < -0.4 is 16.4 Å². The van der Waals surface area contributed by atoms with Gasteiger partial charge in [-0.05, 0) is 49.6 Å². The zero-order valence-corrected chi connectivity index (χ0v) is 25.7. The zero-order valence-electron chi connectivity index (χ0n) is 24.9. The average molecular weight is 622 g/mol. The number of carbonyl (C=O) groups excluding carboxylic acids is 1. The second-order valence-corrected chi connectivity index (χ2v) is 11.2. The minimum atomic E-state index is -0.453. The normalized spacial score (nSPS) is 14.2. The maximum Gasteiger partial charge on any atom is 0.269 e. The number of aryl methyl sites for hydroxylation is 1.